The highest BCUT2D eigenvalue weighted by Gasteiger charge is 1.91. The van der Waals surface area contributed by atoms with E-state index in [1.807, 2.05) is 32.0 Å². The molecule has 8 heavy (non-hydrogen) atoms. The van der Waals surface area contributed by atoms with Gasteiger partial charge in [0.1, 0.15) is 0 Å². The Labute approximate surface area is 50.7 Å². The van der Waals surface area contributed by atoms with Crippen LogP contribution >= 0.6 is 0 Å². The topological polar surface area (TPSA) is 12.5 Å². The van der Waals surface area contributed by atoms with Crippen molar-refractivity contribution in [3.8, 4) is 0 Å². The maximum atomic E-state index is 4.95. The minimum Gasteiger partial charge on any atom is -0.483 e. The predicted molar refractivity (Wildman–Crippen MR) is 34.5 cm³/mol. The Bertz CT molecular complexity index is 86.5. The Morgan fingerprint density at radius 1 is 1.50 bits per heavy atom. The van der Waals surface area contributed by atoms with E-state index in [4.69, 9.17) is 4.74 Å². The van der Waals surface area contributed by atoms with Crippen LogP contribution in [0.25, 0.3) is 0 Å². The summed E-state index contributed by atoms with van der Waals surface area (Å²) in [5.41, 5.74) is 0. The lowest BCUT2D eigenvalue weighted by Gasteiger charge is -2.13. The normalized spacial score (nSPS) is 11.2. The van der Waals surface area contributed by atoms with Crippen LogP contribution < -0.4 is 0 Å². The zero-order valence-electron chi connectivity index (χ0n) is 5.93. The van der Waals surface area contributed by atoms with Gasteiger partial charge in [-0.05, 0) is 13.0 Å². The highest BCUT2D eigenvalue weighted by Crippen LogP contribution is 1.95. The van der Waals surface area contributed by atoms with E-state index in [1.54, 1.807) is 7.11 Å². The number of rotatable bonds is 2. The van der Waals surface area contributed by atoms with Gasteiger partial charge in [0.15, 0.2) is 5.88 Å². The summed E-state index contributed by atoms with van der Waals surface area (Å²) in [4.78, 5) is 1.92. The second-order valence-corrected chi connectivity index (χ2v) is 1.73. The molecule has 0 aliphatic heterocycles. The van der Waals surface area contributed by atoms with Crippen LogP contribution in [0.1, 0.15) is 6.92 Å². The Balaban J connectivity index is 3.72. The van der Waals surface area contributed by atoms with E-state index in [0.29, 0.717) is 0 Å². The van der Waals surface area contributed by atoms with Crippen LogP contribution in [-0.4, -0.2) is 26.1 Å². The van der Waals surface area contributed by atoms with Crippen molar-refractivity contribution in [2.45, 2.75) is 6.92 Å². The molecule has 0 aliphatic carbocycles. The number of ether oxygens (including phenoxy) is 1. The molecule has 0 rings (SSSR count). The third-order valence-corrected chi connectivity index (χ3v) is 0.897. The van der Waals surface area contributed by atoms with Gasteiger partial charge in [-0.1, -0.05) is 0 Å². The van der Waals surface area contributed by atoms with Gasteiger partial charge in [-0.25, -0.2) is 0 Å². The van der Waals surface area contributed by atoms with Gasteiger partial charge in [-0.3, -0.25) is 0 Å². The first kappa shape index (κ1) is 7.34. The van der Waals surface area contributed by atoms with Crippen molar-refractivity contribution in [1.29, 1.82) is 0 Å². The Morgan fingerprint density at radius 2 is 2.00 bits per heavy atom. The minimum atomic E-state index is 0.894. The van der Waals surface area contributed by atoms with Gasteiger partial charge in [-0.2, -0.15) is 0 Å². The number of nitrogens with zero attached hydrogens (tertiary/aromatic N) is 1. The lowest BCUT2D eigenvalue weighted by atomic mass is 10.6. The van der Waals surface area contributed by atoms with Gasteiger partial charge in [0.05, 0.1) is 7.11 Å². The molecule has 0 heterocycles. The molecule has 0 radical (unpaired) electrons. The number of hydrogen-bond donors (Lipinski definition) is 0. The molecule has 0 amide bonds. The summed E-state index contributed by atoms with van der Waals surface area (Å²) in [6, 6.07) is 0. The molecule has 0 saturated heterocycles. The van der Waals surface area contributed by atoms with E-state index >= 15 is 0 Å². The molecule has 0 atom stereocenters. The van der Waals surface area contributed by atoms with Crippen LogP contribution in [0.15, 0.2) is 12.0 Å². The molecule has 0 fully saturated rings. The summed E-state index contributed by atoms with van der Waals surface area (Å²) in [6.07, 6.45) is 1.92. The molecule has 0 unspecified atom stereocenters. The number of hydrogen-bond acceptors (Lipinski definition) is 2. The zero-order chi connectivity index (χ0) is 6.57. The average Bonchev–Trinajstić information content (AvgIpc) is 1.69. The van der Waals surface area contributed by atoms with Crippen molar-refractivity contribution in [2.24, 2.45) is 0 Å². The standard InChI is InChI=1S/C6H13NO/c1-5-6(8-4)7(2)3/h5H,1-4H3/b6-5-. The van der Waals surface area contributed by atoms with E-state index in [9.17, 15) is 0 Å². The summed E-state index contributed by atoms with van der Waals surface area (Å²) >= 11 is 0. The lowest BCUT2D eigenvalue weighted by molar-refractivity contribution is 0.193. The minimum absolute atomic E-state index is 0.894. The molecule has 0 saturated carbocycles. The van der Waals surface area contributed by atoms with Crippen LogP contribution in [0.4, 0.5) is 0 Å². The third-order valence-electron chi connectivity index (χ3n) is 0.897. The van der Waals surface area contributed by atoms with Crippen molar-refractivity contribution in [3.05, 3.63) is 12.0 Å². The first-order chi connectivity index (χ1) is 3.72. The fraction of sp³-hybridized carbons (Fsp3) is 0.667. The molecule has 2 heteroatoms. The molecular formula is C6H13NO. The summed E-state index contributed by atoms with van der Waals surface area (Å²) in [7, 11) is 5.55. The monoisotopic (exact) mass is 115 g/mol. The quantitative estimate of drug-likeness (QED) is 0.499. The molecular weight excluding hydrogens is 102 g/mol. The maximum absolute atomic E-state index is 4.95. The number of methoxy groups -OCH3 is 1. The van der Waals surface area contributed by atoms with Gasteiger partial charge < -0.3 is 9.64 Å². The van der Waals surface area contributed by atoms with E-state index in [0.717, 1.165) is 5.88 Å². The molecule has 0 aromatic carbocycles. The molecule has 48 valence electrons. The Morgan fingerprint density at radius 3 is 2.00 bits per heavy atom. The van der Waals surface area contributed by atoms with Gasteiger partial charge in [0.25, 0.3) is 0 Å². The smallest absolute Gasteiger partial charge is 0.183 e. The largest absolute Gasteiger partial charge is 0.483 e. The second-order valence-electron chi connectivity index (χ2n) is 1.73. The van der Waals surface area contributed by atoms with E-state index in [2.05, 4.69) is 0 Å². The van der Waals surface area contributed by atoms with Gasteiger partial charge in [0.2, 0.25) is 0 Å². The van der Waals surface area contributed by atoms with Crippen LogP contribution in [0.3, 0.4) is 0 Å². The molecule has 0 aromatic heterocycles. The third kappa shape index (κ3) is 1.87. The van der Waals surface area contributed by atoms with Crippen LogP contribution in [0, 0.1) is 0 Å². The molecule has 0 spiro atoms. The van der Waals surface area contributed by atoms with E-state index in [-0.39, 0.29) is 0 Å². The average molecular weight is 115 g/mol. The van der Waals surface area contributed by atoms with Gasteiger partial charge in [0, 0.05) is 14.1 Å². The second kappa shape index (κ2) is 3.36. The Kier molecular flexibility index (Phi) is 3.08. The highest BCUT2D eigenvalue weighted by molar-refractivity contribution is 4.85. The Hall–Kier alpha value is -0.660. The molecule has 0 aliphatic rings. The van der Waals surface area contributed by atoms with E-state index < -0.39 is 0 Å². The van der Waals surface area contributed by atoms with Crippen molar-refractivity contribution >= 4 is 0 Å². The predicted octanol–water partition coefficient (Wildman–Crippen LogP) is 1.06. The van der Waals surface area contributed by atoms with Crippen LogP contribution in [0.2, 0.25) is 0 Å². The first-order valence-electron chi connectivity index (χ1n) is 2.60. The summed E-state index contributed by atoms with van der Waals surface area (Å²) in [5.74, 6) is 0.894. The van der Waals surface area contributed by atoms with Crippen molar-refractivity contribution in [1.82, 2.24) is 4.90 Å². The highest BCUT2D eigenvalue weighted by atomic mass is 16.5. The van der Waals surface area contributed by atoms with Crippen LogP contribution in [-0.2, 0) is 4.74 Å². The van der Waals surface area contributed by atoms with E-state index in [1.165, 1.54) is 0 Å². The number of allylic oxidation sites excluding steroid dienone is 1. The van der Waals surface area contributed by atoms with Crippen molar-refractivity contribution in [3.63, 3.8) is 0 Å². The van der Waals surface area contributed by atoms with Gasteiger partial charge >= 0.3 is 0 Å². The lowest BCUT2D eigenvalue weighted by Crippen LogP contribution is -2.11. The SMILES string of the molecule is C/C=C(\OC)N(C)C. The fourth-order valence-corrected chi connectivity index (χ4v) is 0.559. The molecule has 0 aromatic rings. The van der Waals surface area contributed by atoms with Crippen molar-refractivity contribution in [2.75, 3.05) is 21.2 Å². The zero-order valence-corrected chi connectivity index (χ0v) is 5.93. The fourth-order valence-electron chi connectivity index (χ4n) is 0.559. The van der Waals surface area contributed by atoms with Gasteiger partial charge in [-0.15, -0.1) is 0 Å². The summed E-state index contributed by atoms with van der Waals surface area (Å²) < 4.78 is 4.95. The summed E-state index contributed by atoms with van der Waals surface area (Å²) in [6.45, 7) is 1.94. The van der Waals surface area contributed by atoms with Crippen LogP contribution in [0.5, 0.6) is 0 Å². The summed E-state index contributed by atoms with van der Waals surface area (Å²) in [5, 5.41) is 0. The molecule has 0 N–H and O–H groups in total. The molecule has 0 bridgehead atoms. The van der Waals surface area contributed by atoms with Crippen molar-refractivity contribution < 1.29 is 4.74 Å². The molecule has 2 nitrogen and oxygen atoms in total. The first-order valence-corrected chi connectivity index (χ1v) is 2.60. The maximum Gasteiger partial charge on any atom is 0.183 e.